The second kappa shape index (κ2) is 4.12. The molecule has 0 aliphatic carbocycles. The Balaban J connectivity index is 1.79. The maximum Gasteiger partial charge on any atom is 0.326 e. The molecule has 1 aromatic heterocycles. The first-order chi connectivity index (χ1) is 7.25. The number of nitrogens with zero attached hydrogens (tertiary/aromatic N) is 2. The lowest BCUT2D eigenvalue weighted by Gasteiger charge is -2.10. The van der Waals surface area contributed by atoms with Crippen LogP contribution in [0.4, 0.5) is 4.79 Å². The standard InChI is InChI=1S/C9H12N4O2/c14-8-2-1-7(12-8)5-11-9(15)13-4-3-10-6-13/h3-4,6-7H,1-2,5H2,(H,11,15)(H,12,14). The number of imidazole rings is 1. The van der Waals surface area contributed by atoms with Gasteiger partial charge in [-0.15, -0.1) is 0 Å². The minimum absolute atomic E-state index is 0.0527. The van der Waals surface area contributed by atoms with E-state index in [4.69, 9.17) is 0 Å². The van der Waals surface area contributed by atoms with Crippen molar-refractivity contribution in [2.24, 2.45) is 0 Å². The van der Waals surface area contributed by atoms with Gasteiger partial charge in [0.25, 0.3) is 0 Å². The lowest BCUT2D eigenvalue weighted by molar-refractivity contribution is -0.119. The minimum Gasteiger partial charge on any atom is -0.352 e. The molecule has 1 saturated heterocycles. The van der Waals surface area contributed by atoms with E-state index < -0.39 is 0 Å². The minimum atomic E-state index is -0.228. The molecule has 1 atom stereocenters. The van der Waals surface area contributed by atoms with E-state index in [0.29, 0.717) is 13.0 Å². The van der Waals surface area contributed by atoms with E-state index in [1.807, 2.05) is 0 Å². The van der Waals surface area contributed by atoms with Gasteiger partial charge in [-0.05, 0) is 6.42 Å². The summed E-state index contributed by atoms with van der Waals surface area (Å²) in [6.07, 6.45) is 5.87. The molecule has 2 heterocycles. The molecular weight excluding hydrogens is 196 g/mol. The lowest BCUT2D eigenvalue weighted by Crippen LogP contribution is -2.39. The topological polar surface area (TPSA) is 76.0 Å². The Labute approximate surface area is 86.7 Å². The molecule has 2 amide bonds. The van der Waals surface area contributed by atoms with Crippen molar-refractivity contribution in [2.75, 3.05) is 6.54 Å². The van der Waals surface area contributed by atoms with Gasteiger partial charge in [-0.1, -0.05) is 0 Å². The van der Waals surface area contributed by atoms with E-state index in [0.717, 1.165) is 6.42 Å². The number of nitrogens with one attached hydrogen (secondary N) is 2. The normalized spacial score (nSPS) is 20.0. The van der Waals surface area contributed by atoms with Crippen LogP contribution in [0.25, 0.3) is 0 Å². The molecule has 15 heavy (non-hydrogen) atoms. The number of hydrogen-bond acceptors (Lipinski definition) is 3. The van der Waals surface area contributed by atoms with Gasteiger partial charge >= 0.3 is 6.03 Å². The lowest BCUT2D eigenvalue weighted by atomic mass is 10.2. The third kappa shape index (κ3) is 2.34. The van der Waals surface area contributed by atoms with Crippen LogP contribution in [-0.2, 0) is 4.79 Å². The fraction of sp³-hybridized carbons (Fsp3) is 0.444. The summed E-state index contributed by atoms with van der Waals surface area (Å²) in [5.74, 6) is 0.0527. The molecule has 1 aliphatic rings. The SMILES string of the molecule is O=C1CCC(CNC(=O)n2ccnc2)N1. The summed E-state index contributed by atoms with van der Waals surface area (Å²) in [6.45, 7) is 0.461. The molecule has 6 nitrogen and oxygen atoms in total. The first kappa shape index (κ1) is 9.70. The molecule has 80 valence electrons. The summed E-state index contributed by atoms with van der Waals surface area (Å²) in [5, 5.41) is 5.49. The van der Waals surface area contributed by atoms with Crippen molar-refractivity contribution in [3.8, 4) is 0 Å². The number of hydrogen-bond donors (Lipinski definition) is 2. The molecule has 2 N–H and O–H groups in total. The number of aromatic nitrogens is 2. The van der Waals surface area contributed by atoms with Gasteiger partial charge in [-0.25, -0.2) is 9.78 Å². The highest BCUT2D eigenvalue weighted by atomic mass is 16.2. The van der Waals surface area contributed by atoms with E-state index in [1.54, 1.807) is 6.20 Å². The molecule has 0 spiro atoms. The van der Waals surface area contributed by atoms with E-state index in [2.05, 4.69) is 15.6 Å². The summed E-state index contributed by atoms with van der Waals surface area (Å²) in [4.78, 5) is 26.1. The zero-order valence-electron chi connectivity index (χ0n) is 8.14. The van der Waals surface area contributed by atoms with Gasteiger partial charge in [0, 0.05) is 31.4 Å². The van der Waals surface area contributed by atoms with Crippen molar-refractivity contribution in [1.82, 2.24) is 20.2 Å². The molecule has 1 unspecified atom stereocenters. The molecule has 0 aromatic carbocycles. The molecule has 2 rings (SSSR count). The van der Waals surface area contributed by atoms with Crippen LogP contribution in [0.1, 0.15) is 12.8 Å². The molecule has 1 aliphatic heterocycles. The maximum absolute atomic E-state index is 11.4. The predicted molar refractivity (Wildman–Crippen MR) is 52.2 cm³/mol. The van der Waals surface area contributed by atoms with Gasteiger partial charge in [0.05, 0.1) is 0 Å². The fourth-order valence-electron chi connectivity index (χ4n) is 1.51. The van der Waals surface area contributed by atoms with Crippen LogP contribution in [0, 0.1) is 0 Å². The van der Waals surface area contributed by atoms with Crippen LogP contribution < -0.4 is 10.6 Å². The average molecular weight is 208 g/mol. The van der Waals surface area contributed by atoms with Crippen molar-refractivity contribution in [2.45, 2.75) is 18.9 Å². The molecule has 0 bridgehead atoms. The third-order valence-electron chi connectivity index (χ3n) is 2.32. The van der Waals surface area contributed by atoms with Gasteiger partial charge in [-0.2, -0.15) is 0 Å². The zero-order valence-corrected chi connectivity index (χ0v) is 8.14. The quantitative estimate of drug-likeness (QED) is 0.701. The van der Waals surface area contributed by atoms with E-state index >= 15 is 0 Å². The Hall–Kier alpha value is -1.85. The van der Waals surface area contributed by atoms with Crippen molar-refractivity contribution in [3.05, 3.63) is 18.7 Å². The highest BCUT2D eigenvalue weighted by molar-refractivity contribution is 5.79. The molecule has 1 aromatic rings. The smallest absolute Gasteiger partial charge is 0.326 e. The van der Waals surface area contributed by atoms with Crippen molar-refractivity contribution in [3.63, 3.8) is 0 Å². The number of amides is 2. The summed E-state index contributed by atoms with van der Waals surface area (Å²) in [5.41, 5.74) is 0. The van der Waals surface area contributed by atoms with E-state index in [1.165, 1.54) is 17.1 Å². The Kier molecular flexibility index (Phi) is 2.66. The van der Waals surface area contributed by atoms with Gasteiger partial charge in [0.1, 0.15) is 6.33 Å². The van der Waals surface area contributed by atoms with Crippen LogP contribution in [0.2, 0.25) is 0 Å². The molecular formula is C9H12N4O2. The highest BCUT2D eigenvalue weighted by Crippen LogP contribution is 2.04. The van der Waals surface area contributed by atoms with Crippen LogP contribution in [-0.4, -0.2) is 34.1 Å². The highest BCUT2D eigenvalue weighted by Gasteiger charge is 2.20. The van der Waals surface area contributed by atoms with Gasteiger partial charge in [0.15, 0.2) is 0 Å². The predicted octanol–water partition coefficient (Wildman–Crippen LogP) is -0.281. The second-order valence-electron chi connectivity index (χ2n) is 3.46. The summed E-state index contributed by atoms with van der Waals surface area (Å²) >= 11 is 0. The summed E-state index contributed by atoms with van der Waals surface area (Å²) < 4.78 is 1.36. The molecule has 0 saturated carbocycles. The average Bonchev–Trinajstić information content (AvgIpc) is 2.84. The molecule has 0 radical (unpaired) electrons. The van der Waals surface area contributed by atoms with Gasteiger partial charge in [0.2, 0.25) is 5.91 Å². The Bertz CT molecular complexity index is 360. The van der Waals surface area contributed by atoms with Crippen LogP contribution >= 0.6 is 0 Å². The molecule has 1 fully saturated rings. The van der Waals surface area contributed by atoms with Crippen molar-refractivity contribution < 1.29 is 9.59 Å². The number of carbonyl (C=O) groups is 2. The first-order valence-electron chi connectivity index (χ1n) is 4.81. The van der Waals surface area contributed by atoms with Crippen molar-refractivity contribution in [1.29, 1.82) is 0 Å². The van der Waals surface area contributed by atoms with Crippen LogP contribution in [0.3, 0.4) is 0 Å². The zero-order chi connectivity index (χ0) is 10.7. The second-order valence-corrected chi connectivity index (χ2v) is 3.46. The van der Waals surface area contributed by atoms with Crippen molar-refractivity contribution >= 4 is 11.9 Å². The maximum atomic E-state index is 11.4. The van der Waals surface area contributed by atoms with E-state index in [-0.39, 0.29) is 18.0 Å². The molecule has 6 heteroatoms. The van der Waals surface area contributed by atoms with Gasteiger partial charge < -0.3 is 10.6 Å². The van der Waals surface area contributed by atoms with Gasteiger partial charge in [-0.3, -0.25) is 9.36 Å². The first-order valence-corrected chi connectivity index (χ1v) is 4.81. The van der Waals surface area contributed by atoms with Crippen LogP contribution in [0.15, 0.2) is 18.7 Å². The Morgan fingerprint density at radius 1 is 1.73 bits per heavy atom. The monoisotopic (exact) mass is 208 g/mol. The summed E-state index contributed by atoms with van der Waals surface area (Å²) in [6, 6.07) is -0.168. The Morgan fingerprint density at radius 3 is 3.20 bits per heavy atom. The Morgan fingerprint density at radius 2 is 2.60 bits per heavy atom. The number of rotatable bonds is 2. The van der Waals surface area contributed by atoms with Crippen LogP contribution in [0.5, 0.6) is 0 Å². The fourth-order valence-corrected chi connectivity index (χ4v) is 1.51. The third-order valence-corrected chi connectivity index (χ3v) is 2.32. The van der Waals surface area contributed by atoms with E-state index in [9.17, 15) is 9.59 Å². The largest absolute Gasteiger partial charge is 0.352 e. The summed E-state index contributed by atoms with van der Waals surface area (Å²) in [7, 11) is 0. The number of carbonyl (C=O) groups excluding carboxylic acids is 2.